The van der Waals surface area contributed by atoms with Gasteiger partial charge < -0.3 is 15.5 Å². The van der Waals surface area contributed by atoms with Crippen LogP contribution in [-0.4, -0.2) is 11.9 Å². The number of amides is 1. The van der Waals surface area contributed by atoms with Crippen molar-refractivity contribution in [3.05, 3.63) is 48.2 Å². The minimum atomic E-state index is -0.153. The molecule has 20 heavy (non-hydrogen) atoms. The number of hydrogen-bond acceptors (Lipinski definition) is 3. The largest absolute Gasteiger partial charge is 0.459 e. The molecule has 1 aromatic carbocycles. The van der Waals surface area contributed by atoms with Gasteiger partial charge in [-0.15, -0.1) is 0 Å². The Labute approximate surface area is 117 Å². The van der Waals surface area contributed by atoms with Gasteiger partial charge in [-0.25, -0.2) is 0 Å². The van der Waals surface area contributed by atoms with Gasteiger partial charge in [0.2, 0.25) is 5.91 Å². The summed E-state index contributed by atoms with van der Waals surface area (Å²) in [5.41, 5.74) is 6.61. The Morgan fingerprint density at radius 1 is 1.40 bits per heavy atom. The van der Waals surface area contributed by atoms with Gasteiger partial charge in [-0.3, -0.25) is 4.79 Å². The van der Waals surface area contributed by atoms with Crippen LogP contribution < -0.4 is 11.1 Å². The summed E-state index contributed by atoms with van der Waals surface area (Å²) in [5, 5.41) is 4.03. The lowest BCUT2D eigenvalue weighted by molar-refractivity contribution is -0.124. The van der Waals surface area contributed by atoms with Gasteiger partial charge in [-0.05, 0) is 25.5 Å². The molecule has 104 valence electrons. The molecule has 1 amide bonds. The first-order valence-electron chi connectivity index (χ1n) is 6.86. The number of hydrogen-bond donors (Lipinski definition) is 2. The van der Waals surface area contributed by atoms with Gasteiger partial charge in [-0.1, -0.05) is 30.4 Å². The second-order valence-electron chi connectivity index (χ2n) is 5.31. The lowest BCUT2D eigenvalue weighted by Gasteiger charge is -2.14. The average Bonchev–Trinajstić information content (AvgIpc) is 3.04. The van der Waals surface area contributed by atoms with Crippen LogP contribution in [0.5, 0.6) is 0 Å². The van der Waals surface area contributed by atoms with Crippen molar-refractivity contribution in [3.8, 4) is 0 Å². The Bertz CT molecular complexity index is 626. The third-order valence-corrected chi connectivity index (χ3v) is 3.68. The number of fused-ring (bicyclic) bond motifs is 1. The van der Waals surface area contributed by atoms with Crippen LogP contribution in [0.3, 0.4) is 0 Å². The maximum absolute atomic E-state index is 12.1. The van der Waals surface area contributed by atoms with E-state index >= 15 is 0 Å². The first kappa shape index (κ1) is 12.9. The zero-order valence-electron chi connectivity index (χ0n) is 11.4. The van der Waals surface area contributed by atoms with Crippen molar-refractivity contribution in [2.45, 2.75) is 25.4 Å². The van der Waals surface area contributed by atoms with Crippen LogP contribution >= 0.6 is 0 Å². The van der Waals surface area contributed by atoms with Crippen LogP contribution in [0, 0.1) is 5.92 Å². The van der Waals surface area contributed by atoms with Crippen molar-refractivity contribution >= 4 is 16.9 Å². The molecule has 1 aliphatic rings. The first-order chi connectivity index (χ1) is 9.63. The van der Waals surface area contributed by atoms with Crippen molar-refractivity contribution in [1.29, 1.82) is 0 Å². The average molecular weight is 270 g/mol. The van der Waals surface area contributed by atoms with Crippen molar-refractivity contribution in [2.24, 2.45) is 11.7 Å². The maximum Gasteiger partial charge on any atom is 0.227 e. The van der Waals surface area contributed by atoms with E-state index in [1.54, 1.807) is 0 Å². The van der Waals surface area contributed by atoms with E-state index in [9.17, 15) is 4.79 Å². The van der Waals surface area contributed by atoms with E-state index in [-0.39, 0.29) is 23.9 Å². The highest BCUT2D eigenvalue weighted by molar-refractivity contribution is 5.82. The number of furan rings is 1. The summed E-state index contributed by atoms with van der Waals surface area (Å²) in [4.78, 5) is 12.1. The SMILES string of the molecule is CC(NC(=O)C1C=CC(N)C1)c1cc2ccccc2o1. The second-order valence-corrected chi connectivity index (χ2v) is 5.31. The van der Waals surface area contributed by atoms with Gasteiger partial charge in [-0.2, -0.15) is 0 Å². The molecule has 0 saturated heterocycles. The smallest absolute Gasteiger partial charge is 0.227 e. The molecule has 2 aromatic rings. The third-order valence-electron chi connectivity index (χ3n) is 3.68. The monoisotopic (exact) mass is 270 g/mol. The Hall–Kier alpha value is -2.07. The third kappa shape index (κ3) is 2.47. The number of nitrogens with two attached hydrogens (primary N) is 1. The molecule has 0 radical (unpaired) electrons. The topological polar surface area (TPSA) is 68.3 Å². The van der Waals surface area contributed by atoms with E-state index in [0.717, 1.165) is 16.7 Å². The molecular formula is C16H18N2O2. The molecule has 1 aliphatic carbocycles. The summed E-state index contributed by atoms with van der Waals surface area (Å²) in [6.07, 6.45) is 4.44. The van der Waals surface area contributed by atoms with Crippen LogP contribution in [0.25, 0.3) is 11.0 Å². The highest BCUT2D eigenvalue weighted by Gasteiger charge is 2.24. The Morgan fingerprint density at radius 3 is 2.90 bits per heavy atom. The highest BCUT2D eigenvalue weighted by atomic mass is 16.3. The van der Waals surface area contributed by atoms with Crippen LogP contribution in [0.2, 0.25) is 0 Å². The molecule has 4 heteroatoms. The Morgan fingerprint density at radius 2 is 2.20 bits per heavy atom. The summed E-state index contributed by atoms with van der Waals surface area (Å²) >= 11 is 0. The van der Waals surface area contributed by atoms with E-state index in [1.165, 1.54) is 0 Å². The molecule has 0 spiro atoms. The van der Waals surface area contributed by atoms with E-state index in [0.29, 0.717) is 6.42 Å². The lowest BCUT2D eigenvalue weighted by Crippen LogP contribution is -2.32. The van der Waals surface area contributed by atoms with Crippen molar-refractivity contribution in [2.75, 3.05) is 0 Å². The normalized spacial score (nSPS) is 23.1. The summed E-state index contributed by atoms with van der Waals surface area (Å²) in [6, 6.07) is 9.63. The molecule has 1 heterocycles. The molecule has 3 unspecified atom stereocenters. The van der Waals surface area contributed by atoms with Gasteiger partial charge in [0.25, 0.3) is 0 Å². The van der Waals surface area contributed by atoms with Crippen LogP contribution in [0.15, 0.2) is 46.9 Å². The number of carbonyl (C=O) groups is 1. The molecule has 3 N–H and O–H groups in total. The van der Waals surface area contributed by atoms with Gasteiger partial charge in [0.15, 0.2) is 0 Å². The quantitative estimate of drug-likeness (QED) is 0.842. The molecule has 1 aromatic heterocycles. The van der Waals surface area contributed by atoms with Crippen molar-refractivity contribution in [1.82, 2.24) is 5.32 Å². The summed E-state index contributed by atoms with van der Waals surface area (Å²) in [7, 11) is 0. The van der Waals surface area contributed by atoms with E-state index in [4.69, 9.17) is 10.2 Å². The maximum atomic E-state index is 12.1. The fourth-order valence-corrected chi connectivity index (χ4v) is 2.53. The summed E-state index contributed by atoms with van der Waals surface area (Å²) < 4.78 is 5.76. The molecule has 4 nitrogen and oxygen atoms in total. The second kappa shape index (κ2) is 5.13. The zero-order chi connectivity index (χ0) is 14.1. The predicted octanol–water partition coefficient (Wildman–Crippen LogP) is 2.51. The number of nitrogens with one attached hydrogen (secondary N) is 1. The molecule has 0 fully saturated rings. The fourth-order valence-electron chi connectivity index (χ4n) is 2.53. The van der Waals surface area contributed by atoms with Crippen LogP contribution in [0.1, 0.15) is 25.1 Å². The first-order valence-corrected chi connectivity index (χ1v) is 6.86. The minimum Gasteiger partial charge on any atom is -0.459 e. The van der Waals surface area contributed by atoms with E-state index < -0.39 is 0 Å². The Balaban J connectivity index is 1.71. The summed E-state index contributed by atoms with van der Waals surface area (Å²) in [6.45, 7) is 1.92. The zero-order valence-corrected chi connectivity index (χ0v) is 11.4. The van der Waals surface area contributed by atoms with Gasteiger partial charge in [0.05, 0.1) is 12.0 Å². The standard InChI is InChI=1S/C16H18N2O2/c1-10(18-16(19)12-6-7-13(17)8-12)15-9-11-4-2-3-5-14(11)20-15/h2-7,9-10,12-13H,8,17H2,1H3,(H,18,19). The van der Waals surface area contributed by atoms with Crippen LogP contribution in [-0.2, 0) is 4.79 Å². The molecule has 3 rings (SSSR count). The fraction of sp³-hybridized carbons (Fsp3) is 0.312. The van der Waals surface area contributed by atoms with E-state index in [2.05, 4.69) is 5.32 Å². The predicted molar refractivity (Wildman–Crippen MR) is 78.0 cm³/mol. The molecular weight excluding hydrogens is 252 g/mol. The molecule has 0 bridgehead atoms. The number of rotatable bonds is 3. The number of carbonyl (C=O) groups excluding carboxylic acids is 1. The van der Waals surface area contributed by atoms with Gasteiger partial charge >= 0.3 is 0 Å². The van der Waals surface area contributed by atoms with Gasteiger partial charge in [0.1, 0.15) is 11.3 Å². The number of para-hydroxylation sites is 1. The number of benzene rings is 1. The minimum absolute atomic E-state index is 0.00200. The van der Waals surface area contributed by atoms with Gasteiger partial charge in [0, 0.05) is 11.4 Å². The molecule has 0 saturated carbocycles. The molecule has 0 aliphatic heterocycles. The molecule has 3 atom stereocenters. The van der Waals surface area contributed by atoms with E-state index in [1.807, 2.05) is 49.4 Å². The highest BCUT2D eigenvalue weighted by Crippen LogP contribution is 2.24. The lowest BCUT2D eigenvalue weighted by atomic mass is 10.1. The summed E-state index contributed by atoms with van der Waals surface area (Å²) in [5.74, 6) is 0.643. The van der Waals surface area contributed by atoms with Crippen molar-refractivity contribution in [3.63, 3.8) is 0 Å². The van der Waals surface area contributed by atoms with Crippen molar-refractivity contribution < 1.29 is 9.21 Å². The Kier molecular flexibility index (Phi) is 3.32. The van der Waals surface area contributed by atoms with Crippen LogP contribution in [0.4, 0.5) is 0 Å².